The Morgan fingerprint density at radius 1 is 1.50 bits per heavy atom. The molecule has 0 aromatic carbocycles. The van der Waals surface area contributed by atoms with Gasteiger partial charge in [-0.05, 0) is 38.3 Å². The molecule has 2 rings (SSSR count). The van der Waals surface area contributed by atoms with Gasteiger partial charge < -0.3 is 15.7 Å². The Morgan fingerprint density at radius 2 is 2.29 bits per heavy atom. The van der Waals surface area contributed by atoms with E-state index in [9.17, 15) is 4.79 Å². The number of aliphatic hydroxyl groups excluding tert-OH is 1. The summed E-state index contributed by atoms with van der Waals surface area (Å²) < 4.78 is 0. The Labute approximate surface area is 84.1 Å². The molecule has 1 saturated heterocycles. The Bertz CT molecular complexity index is 208. The van der Waals surface area contributed by atoms with Gasteiger partial charge >= 0.3 is 0 Å². The Balaban J connectivity index is 1.63. The molecule has 1 aliphatic carbocycles. The highest BCUT2D eigenvalue weighted by Crippen LogP contribution is 2.20. The van der Waals surface area contributed by atoms with Crippen molar-refractivity contribution in [2.24, 2.45) is 5.92 Å². The first-order valence-corrected chi connectivity index (χ1v) is 5.42. The second-order valence-corrected chi connectivity index (χ2v) is 4.45. The van der Waals surface area contributed by atoms with Crippen LogP contribution in [0.4, 0.5) is 0 Å². The summed E-state index contributed by atoms with van der Waals surface area (Å²) in [7, 11) is 0. The zero-order chi connectivity index (χ0) is 9.97. The predicted molar refractivity (Wildman–Crippen MR) is 52.8 cm³/mol. The molecule has 0 aromatic rings. The number of aliphatic hydroxyl groups is 1. The van der Waals surface area contributed by atoms with Crippen LogP contribution in [0.1, 0.15) is 25.7 Å². The van der Waals surface area contributed by atoms with Gasteiger partial charge in [0.25, 0.3) is 0 Å². The first kappa shape index (κ1) is 9.93. The van der Waals surface area contributed by atoms with Crippen LogP contribution in [0.2, 0.25) is 0 Å². The van der Waals surface area contributed by atoms with Crippen LogP contribution in [0.3, 0.4) is 0 Å². The van der Waals surface area contributed by atoms with Crippen LogP contribution >= 0.6 is 0 Å². The van der Waals surface area contributed by atoms with Crippen LogP contribution in [0.5, 0.6) is 0 Å². The second kappa shape index (κ2) is 4.28. The summed E-state index contributed by atoms with van der Waals surface area (Å²) in [6.07, 6.45) is 3.03. The lowest BCUT2D eigenvalue weighted by Crippen LogP contribution is -2.47. The largest absolute Gasteiger partial charge is 0.393 e. The average Bonchev–Trinajstić information content (AvgIpc) is 2.54. The molecule has 0 radical (unpaired) electrons. The smallest absolute Gasteiger partial charge is 0.220 e. The van der Waals surface area contributed by atoms with Gasteiger partial charge in [0.2, 0.25) is 5.91 Å². The molecule has 1 amide bonds. The van der Waals surface area contributed by atoms with Gasteiger partial charge in [-0.2, -0.15) is 0 Å². The summed E-state index contributed by atoms with van der Waals surface area (Å²) in [4.78, 5) is 11.5. The molecule has 2 fully saturated rings. The number of nitrogens with one attached hydrogen (secondary N) is 2. The van der Waals surface area contributed by atoms with E-state index in [4.69, 9.17) is 5.11 Å². The normalized spacial score (nSPS) is 36.5. The summed E-state index contributed by atoms with van der Waals surface area (Å²) in [5.41, 5.74) is 0. The van der Waals surface area contributed by atoms with Crippen LogP contribution < -0.4 is 10.6 Å². The van der Waals surface area contributed by atoms with Crippen LogP contribution in [0.25, 0.3) is 0 Å². The highest BCUT2D eigenvalue weighted by molar-refractivity contribution is 5.76. The van der Waals surface area contributed by atoms with Crippen molar-refractivity contribution in [1.29, 1.82) is 0 Å². The third-order valence-electron chi connectivity index (χ3n) is 3.11. The molecule has 1 atom stereocenters. The molecular weight excluding hydrogens is 180 g/mol. The molecular formula is C10H18N2O2. The maximum absolute atomic E-state index is 11.5. The summed E-state index contributed by atoms with van der Waals surface area (Å²) in [5.74, 6) is 0.663. The number of hydrogen-bond acceptors (Lipinski definition) is 3. The molecule has 3 N–H and O–H groups in total. The first-order valence-electron chi connectivity index (χ1n) is 5.42. The molecule has 1 unspecified atom stereocenters. The van der Waals surface area contributed by atoms with Gasteiger partial charge in [-0.25, -0.2) is 0 Å². The second-order valence-electron chi connectivity index (χ2n) is 4.45. The van der Waals surface area contributed by atoms with Crippen LogP contribution in [0, 0.1) is 5.92 Å². The zero-order valence-electron chi connectivity index (χ0n) is 8.33. The standard InChI is InChI=1S/C10H18N2O2/c13-9-4-8(5-9)12-10(14)3-7-1-2-11-6-7/h7-9,11,13H,1-6H2,(H,12,14). The van der Waals surface area contributed by atoms with E-state index in [2.05, 4.69) is 10.6 Å². The summed E-state index contributed by atoms with van der Waals surface area (Å²) in [6.45, 7) is 2.01. The van der Waals surface area contributed by atoms with Crippen molar-refractivity contribution in [3.63, 3.8) is 0 Å². The van der Waals surface area contributed by atoms with Crippen molar-refractivity contribution in [2.45, 2.75) is 37.8 Å². The highest BCUT2D eigenvalue weighted by Gasteiger charge is 2.29. The Kier molecular flexibility index (Phi) is 3.03. The molecule has 1 aliphatic heterocycles. The SMILES string of the molecule is O=C(CC1CCNC1)NC1CC(O)C1. The lowest BCUT2D eigenvalue weighted by molar-refractivity contribution is -0.123. The van der Waals surface area contributed by atoms with E-state index in [0.29, 0.717) is 12.3 Å². The van der Waals surface area contributed by atoms with E-state index in [1.54, 1.807) is 0 Å². The molecule has 0 spiro atoms. The molecule has 1 saturated carbocycles. The number of amides is 1. The molecule has 2 aliphatic rings. The maximum atomic E-state index is 11.5. The van der Waals surface area contributed by atoms with E-state index in [1.165, 1.54) is 0 Å². The fourth-order valence-electron chi connectivity index (χ4n) is 2.14. The zero-order valence-corrected chi connectivity index (χ0v) is 8.33. The molecule has 80 valence electrons. The maximum Gasteiger partial charge on any atom is 0.220 e. The predicted octanol–water partition coefficient (Wildman–Crippen LogP) is -0.374. The average molecular weight is 198 g/mol. The fraction of sp³-hybridized carbons (Fsp3) is 0.900. The molecule has 4 nitrogen and oxygen atoms in total. The van der Waals surface area contributed by atoms with E-state index >= 15 is 0 Å². The van der Waals surface area contributed by atoms with E-state index < -0.39 is 0 Å². The van der Waals surface area contributed by atoms with Gasteiger partial charge in [0.15, 0.2) is 0 Å². The first-order chi connectivity index (χ1) is 6.74. The molecule has 0 bridgehead atoms. The molecule has 0 aromatic heterocycles. The summed E-state index contributed by atoms with van der Waals surface area (Å²) in [6, 6.07) is 0.229. The quantitative estimate of drug-likeness (QED) is 0.579. The minimum atomic E-state index is -0.187. The van der Waals surface area contributed by atoms with Crippen LogP contribution in [-0.2, 0) is 4.79 Å². The van der Waals surface area contributed by atoms with Gasteiger partial charge in [-0.3, -0.25) is 4.79 Å². The van der Waals surface area contributed by atoms with E-state index in [-0.39, 0.29) is 18.1 Å². The Hall–Kier alpha value is -0.610. The van der Waals surface area contributed by atoms with Crippen LogP contribution in [-0.4, -0.2) is 36.2 Å². The topological polar surface area (TPSA) is 61.4 Å². The van der Waals surface area contributed by atoms with Gasteiger partial charge in [0, 0.05) is 12.5 Å². The van der Waals surface area contributed by atoms with Crippen molar-refractivity contribution in [3.8, 4) is 0 Å². The van der Waals surface area contributed by atoms with Crippen molar-refractivity contribution in [2.75, 3.05) is 13.1 Å². The van der Waals surface area contributed by atoms with Crippen LogP contribution in [0.15, 0.2) is 0 Å². The van der Waals surface area contributed by atoms with Gasteiger partial charge in [-0.15, -0.1) is 0 Å². The number of carbonyl (C=O) groups is 1. The third kappa shape index (κ3) is 2.45. The highest BCUT2D eigenvalue weighted by atomic mass is 16.3. The Morgan fingerprint density at radius 3 is 2.86 bits per heavy atom. The monoisotopic (exact) mass is 198 g/mol. The third-order valence-corrected chi connectivity index (χ3v) is 3.11. The van der Waals surface area contributed by atoms with Crippen molar-refractivity contribution < 1.29 is 9.90 Å². The lowest BCUT2D eigenvalue weighted by Gasteiger charge is -2.32. The number of hydrogen-bond donors (Lipinski definition) is 3. The van der Waals surface area contributed by atoms with E-state index in [0.717, 1.165) is 32.4 Å². The van der Waals surface area contributed by atoms with Gasteiger partial charge in [0.05, 0.1) is 6.10 Å². The summed E-state index contributed by atoms with van der Waals surface area (Å²) >= 11 is 0. The van der Waals surface area contributed by atoms with Crippen molar-refractivity contribution in [3.05, 3.63) is 0 Å². The van der Waals surface area contributed by atoms with Gasteiger partial charge in [-0.1, -0.05) is 0 Å². The fourth-order valence-corrected chi connectivity index (χ4v) is 2.14. The van der Waals surface area contributed by atoms with Crippen molar-refractivity contribution >= 4 is 5.91 Å². The molecule has 14 heavy (non-hydrogen) atoms. The van der Waals surface area contributed by atoms with E-state index in [1.807, 2.05) is 0 Å². The van der Waals surface area contributed by atoms with Crippen molar-refractivity contribution in [1.82, 2.24) is 10.6 Å². The van der Waals surface area contributed by atoms with Gasteiger partial charge in [0.1, 0.15) is 0 Å². The molecule has 1 heterocycles. The number of carbonyl (C=O) groups excluding carboxylic acids is 1. The minimum absolute atomic E-state index is 0.149. The lowest BCUT2D eigenvalue weighted by atomic mass is 9.89. The molecule has 4 heteroatoms. The number of rotatable bonds is 3. The minimum Gasteiger partial charge on any atom is -0.393 e. The summed E-state index contributed by atoms with van der Waals surface area (Å²) in [5, 5.41) is 15.2.